The number of hydrogen-bond acceptors (Lipinski definition) is 3. The molecule has 0 heterocycles. The molecular weight excluding hydrogens is 347 g/mol. The highest BCUT2D eigenvalue weighted by Gasteiger charge is 2.18. The minimum Gasteiger partial charge on any atom is -0.323 e. The number of carbonyl (C=O) groups excluding carboxylic acids is 2. The van der Waals surface area contributed by atoms with Crippen LogP contribution in [0.1, 0.15) is 18.9 Å². The molecule has 0 spiro atoms. The number of anilines is 2. The van der Waals surface area contributed by atoms with Crippen molar-refractivity contribution in [3.63, 3.8) is 0 Å². The highest BCUT2D eigenvalue weighted by atomic mass is 19.2. The van der Waals surface area contributed by atoms with Crippen LogP contribution in [0.3, 0.4) is 0 Å². The topological polar surface area (TPSA) is 73.2 Å². The van der Waals surface area contributed by atoms with Crippen molar-refractivity contribution < 1.29 is 22.8 Å². The zero-order valence-corrected chi connectivity index (χ0v) is 13.7. The summed E-state index contributed by atoms with van der Waals surface area (Å²) in [6.45, 7) is 1.20. The van der Waals surface area contributed by atoms with Gasteiger partial charge in [0.15, 0.2) is 17.5 Å². The van der Waals surface area contributed by atoms with Gasteiger partial charge in [0.05, 0.1) is 16.9 Å². The maximum atomic E-state index is 13.6. The van der Waals surface area contributed by atoms with Crippen molar-refractivity contribution in [3.05, 3.63) is 59.4 Å². The first-order chi connectivity index (χ1) is 12.3. The van der Waals surface area contributed by atoms with Gasteiger partial charge in [-0.05, 0) is 24.3 Å². The van der Waals surface area contributed by atoms with Gasteiger partial charge in [0, 0.05) is 19.9 Å². The zero-order valence-electron chi connectivity index (χ0n) is 13.7. The van der Waals surface area contributed by atoms with Crippen molar-refractivity contribution in [1.82, 2.24) is 0 Å². The fourth-order valence-electron chi connectivity index (χ4n) is 2.30. The van der Waals surface area contributed by atoms with Crippen LogP contribution in [0.5, 0.6) is 0 Å². The van der Waals surface area contributed by atoms with E-state index in [1.807, 2.05) is 6.07 Å². The first-order valence-electron chi connectivity index (χ1n) is 7.55. The molecule has 0 unspecified atom stereocenters. The molecule has 2 amide bonds. The second kappa shape index (κ2) is 8.16. The SMILES string of the molecule is CC(=O)N(CCC(=O)Nc1ccc(F)c(F)c1F)c1ccccc1C#N. The van der Waals surface area contributed by atoms with Crippen molar-refractivity contribution in [3.8, 4) is 6.07 Å². The van der Waals surface area contributed by atoms with Crippen LogP contribution in [-0.2, 0) is 9.59 Å². The maximum Gasteiger partial charge on any atom is 0.226 e. The van der Waals surface area contributed by atoms with E-state index in [0.717, 1.165) is 6.07 Å². The van der Waals surface area contributed by atoms with Gasteiger partial charge >= 0.3 is 0 Å². The van der Waals surface area contributed by atoms with E-state index in [0.29, 0.717) is 11.8 Å². The van der Waals surface area contributed by atoms with Gasteiger partial charge < -0.3 is 10.2 Å². The summed E-state index contributed by atoms with van der Waals surface area (Å²) in [5.41, 5.74) is 0.102. The molecule has 2 aromatic carbocycles. The summed E-state index contributed by atoms with van der Waals surface area (Å²) in [7, 11) is 0. The molecule has 2 rings (SSSR count). The highest BCUT2D eigenvalue weighted by Crippen LogP contribution is 2.22. The number of nitriles is 1. The van der Waals surface area contributed by atoms with Gasteiger partial charge in [0.2, 0.25) is 11.8 Å². The number of halogens is 3. The predicted octanol–water partition coefficient (Wildman–Crippen LogP) is 3.36. The molecule has 134 valence electrons. The van der Waals surface area contributed by atoms with E-state index in [-0.39, 0.29) is 24.4 Å². The second-order valence-electron chi connectivity index (χ2n) is 5.32. The third-order valence-electron chi connectivity index (χ3n) is 3.57. The normalized spacial score (nSPS) is 10.1. The standard InChI is InChI=1S/C18H14F3N3O2/c1-11(25)24(15-5-3-2-4-12(15)10-22)9-8-16(26)23-14-7-6-13(19)17(20)18(14)21/h2-7H,8-9H2,1H3,(H,23,26). The maximum absolute atomic E-state index is 13.6. The third-order valence-corrected chi connectivity index (χ3v) is 3.57. The van der Waals surface area contributed by atoms with Gasteiger partial charge in [-0.3, -0.25) is 9.59 Å². The Bertz CT molecular complexity index is 894. The van der Waals surface area contributed by atoms with Crippen molar-refractivity contribution in [1.29, 1.82) is 5.26 Å². The zero-order chi connectivity index (χ0) is 19.3. The molecule has 0 saturated heterocycles. The average Bonchev–Trinajstić information content (AvgIpc) is 2.62. The summed E-state index contributed by atoms with van der Waals surface area (Å²) in [5, 5.41) is 11.3. The van der Waals surface area contributed by atoms with Crippen LogP contribution < -0.4 is 10.2 Å². The molecule has 26 heavy (non-hydrogen) atoms. The van der Waals surface area contributed by atoms with E-state index in [9.17, 15) is 22.8 Å². The molecule has 2 aromatic rings. The minimum absolute atomic E-state index is 0.0782. The number of benzene rings is 2. The highest BCUT2D eigenvalue weighted by molar-refractivity contribution is 5.95. The van der Waals surface area contributed by atoms with E-state index in [4.69, 9.17) is 5.26 Å². The Morgan fingerprint density at radius 2 is 1.81 bits per heavy atom. The summed E-state index contributed by atoms with van der Waals surface area (Å²) in [5.74, 6) is -5.64. The Hall–Kier alpha value is -3.34. The van der Waals surface area contributed by atoms with E-state index < -0.39 is 29.0 Å². The van der Waals surface area contributed by atoms with Crippen LogP contribution in [0.4, 0.5) is 24.5 Å². The molecule has 0 aliphatic rings. The smallest absolute Gasteiger partial charge is 0.226 e. The van der Waals surface area contributed by atoms with Gasteiger partial charge in [-0.2, -0.15) is 5.26 Å². The monoisotopic (exact) mass is 361 g/mol. The van der Waals surface area contributed by atoms with Crippen LogP contribution in [-0.4, -0.2) is 18.4 Å². The van der Waals surface area contributed by atoms with Crippen molar-refractivity contribution in [2.45, 2.75) is 13.3 Å². The Morgan fingerprint density at radius 1 is 1.12 bits per heavy atom. The molecule has 5 nitrogen and oxygen atoms in total. The number of rotatable bonds is 5. The lowest BCUT2D eigenvalue weighted by atomic mass is 10.1. The number of nitrogens with zero attached hydrogens (tertiary/aromatic N) is 2. The minimum atomic E-state index is -1.68. The summed E-state index contributed by atoms with van der Waals surface area (Å²) in [4.78, 5) is 25.1. The summed E-state index contributed by atoms with van der Waals surface area (Å²) in [6.07, 6.45) is -0.238. The van der Waals surface area contributed by atoms with Crippen LogP contribution in [0.15, 0.2) is 36.4 Å². The first kappa shape index (κ1) is 19.0. The van der Waals surface area contributed by atoms with Crippen LogP contribution >= 0.6 is 0 Å². The number of para-hydroxylation sites is 1. The molecule has 0 aliphatic heterocycles. The number of carbonyl (C=O) groups is 2. The van der Waals surface area contributed by atoms with Crippen LogP contribution in [0, 0.1) is 28.8 Å². The van der Waals surface area contributed by atoms with Gasteiger partial charge in [-0.15, -0.1) is 0 Å². The molecule has 0 aromatic heterocycles. The number of amides is 2. The lowest BCUT2D eigenvalue weighted by molar-refractivity contribution is -0.117. The molecular formula is C18H14F3N3O2. The van der Waals surface area contributed by atoms with Crippen LogP contribution in [0.25, 0.3) is 0 Å². The second-order valence-corrected chi connectivity index (χ2v) is 5.32. The quantitative estimate of drug-likeness (QED) is 0.830. The molecule has 0 radical (unpaired) electrons. The predicted molar refractivity (Wildman–Crippen MR) is 88.7 cm³/mol. The number of nitrogens with one attached hydrogen (secondary N) is 1. The van der Waals surface area contributed by atoms with E-state index in [2.05, 4.69) is 5.32 Å². The van der Waals surface area contributed by atoms with Crippen molar-refractivity contribution >= 4 is 23.2 Å². The third kappa shape index (κ3) is 4.19. The summed E-state index contributed by atoms with van der Waals surface area (Å²) >= 11 is 0. The Morgan fingerprint density at radius 3 is 2.46 bits per heavy atom. The molecule has 1 N–H and O–H groups in total. The average molecular weight is 361 g/mol. The molecule has 0 aliphatic carbocycles. The molecule has 8 heteroatoms. The Labute approximate surface area is 147 Å². The fourth-order valence-corrected chi connectivity index (χ4v) is 2.30. The van der Waals surface area contributed by atoms with Gasteiger partial charge in [-0.25, -0.2) is 13.2 Å². The van der Waals surface area contributed by atoms with Gasteiger partial charge in [0.25, 0.3) is 0 Å². The largest absolute Gasteiger partial charge is 0.323 e. The number of hydrogen-bond donors (Lipinski definition) is 1. The van der Waals surface area contributed by atoms with E-state index in [1.54, 1.807) is 18.2 Å². The lowest BCUT2D eigenvalue weighted by Gasteiger charge is -2.22. The first-order valence-corrected chi connectivity index (χ1v) is 7.55. The Balaban J connectivity index is 2.10. The molecule has 0 fully saturated rings. The lowest BCUT2D eigenvalue weighted by Crippen LogP contribution is -2.32. The van der Waals surface area contributed by atoms with E-state index >= 15 is 0 Å². The van der Waals surface area contributed by atoms with Crippen molar-refractivity contribution in [2.75, 3.05) is 16.8 Å². The molecule has 0 bridgehead atoms. The summed E-state index contributed by atoms with van der Waals surface area (Å²) in [6, 6.07) is 9.92. The van der Waals surface area contributed by atoms with E-state index in [1.165, 1.54) is 17.9 Å². The summed E-state index contributed by atoms with van der Waals surface area (Å²) < 4.78 is 39.7. The Kier molecular flexibility index (Phi) is 5.96. The van der Waals surface area contributed by atoms with Gasteiger partial charge in [-0.1, -0.05) is 12.1 Å². The van der Waals surface area contributed by atoms with Crippen LogP contribution in [0.2, 0.25) is 0 Å². The van der Waals surface area contributed by atoms with Gasteiger partial charge in [0.1, 0.15) is 6.07 Å². The van der Waals surface area contributed by atoms with Crippen molar-refractivity contribution in [2.24, 2.45) is 0 Å². The molecule has 0 atom stereocenters. The molecule has 0 saturated carbocycles. The fraction of sp³-hybridized carbons (Fsp3) is 0.167.